The summed E-state index contributed by atoms with van der Waals surface area (Å²) < 4.78 is 24.1. The first-order valence-corrected chi connectivity index (χ1v) is 21.8. The molecule has 8 rings (SSSR count). The van der Waals surface area contributed by atoms with Crippen LogP contribution in [0.25, 0.3) is 10.9 Å². The molecule has 3 aliphatic carbocycles. The lowest BCUT2D eigenvalue weighted by molar-refractivity contribution is -0.145. The number of carbonyl (C=O) groups is 4. The van der Waals surface area contributed by atoms with Crippen molar-refractivity contribution in [3.05, 3.63) is 35.4 Å². The van der Waals surface area contributed by atoms with Crippen molar-refractivity contribution in [3.63, 3.8) is 0 Å². The molecule has 5 fully saturated rings. The molecule has 4 N–H and O–H groups in total. The van der Waals surface area contributed by atoms with Crippen LogP contribution in [0.4, 0.5) is 10.6 Å². The van der Waals surface area contributed by atoms with Gasteiger partial charge in [-0.15, -0.1) is 0 Å². The number of halogens is 1. The van der Waals surface area contributed by atoms with Crippen LogP contribution in [0.15, 0.2) is 30.4 Å². The van der Waals surface area contributed by atoms with Crippen molar-refractivity contribution in [2.75, 3.05) is 51.3 Å². The van der Waals surface area contributed by atoms with Crippen molar-refractivity contribution >= 4 is 52.2 Å². The van der Waals surface area contributed by atoms with Gasteiger partial charge in [-0.1, -0.05) is 36.6 Å². The van der Waals surface area contributed by atoms with Crippen LogP contribution in [-0.4, -0.2) is 126 Å². The zero-order chi connectivity index (χ0) is 41.3. The Hall–Kier alpha value is -4.34. The second-order valence-corrected chi connectivity index (χ2v) is 17.8. The normalized spacial score (nSPS) is 31.5. The number of benzene rings is 1. The molecule has 59 heavy (non-hydrogen) atoms. The Labute approximate surface area is 349 Å². The van der Waals surface area contributed by atoms with E-state index in [9.17, 15) is 24.3 Å². The molecule has 3 saturated carbocycles. The third-order valence-corrected chi connectivity index (χ3v) is 13.1. The van der Waals surface area contributed by atoms with Gasteiger partial charge in [0.25, 0.3) is 0 Å². The number of morpholine rings is 1. The highest BCUT2D eigenvalue weighted by Gasteiger charge is 2.61. The lowest BCUT2D eigenvalue weighted by Gasteiger charge is -2.29. The Bertz CT molecular complexity index is 1930. The van der Waals surface area contributed by atoms with Gasteiger partial charge in [-0.2, -0.15) is 0 Å². The van der Waals surface area contributed by atoms with Gasteiger partial charge in [0.15, 0.2) is 0 Å². The van der Waals surface area contributed by atoms with Crippen LogP contribution in [0, 0.1) is 17.8 Å². The third-order valence-electron chi connectivity index (χ3n) is 12.7. The number of carboxylic acids is 1. The summed E-state index contributed by atoms with van der Waals surface area (Å²) in [6, 6.07) is 3.45. The molecule has 4 heterocycles. The van der Waals surface area contributed by atoms with Gasteiger partial charge in [-0.3, -0.25) is 14.5 Å². The quantitative estimate of drug-likeness (QED) is 0.219. The predicted molar refractivity (Wildman–Crippen MR) is 220 cm³/mol. The average molecular weight is 837 g/mol. The first kappa shape index (κ1) is 41.4. The first-order chi connectivity index (χ1) is 28.5. The van der Waals surface area contributed by atoms with E-state index in [-0.39, 0.29) is 37.5 Å². The number of hydrogen-bond acceptors (Lipinski definition) is 11. The highest BCUT2D eigenvalue weighted by Crippen LogP contribution is 2.52. The van der Waals surface area contributed by atoms with Crippen molar-refractivity contribution in [2.45, 2.75) is 114 Å². The Morgan fingerprint density at radius 1 is 1.07 bits per heavy atom. The van der Waals surface area contributed by atoms with Gasteiger partial charge < -0.3 is 44.9 Å². The number of carboxylic acid groups (broad SMARTS) is 1. The molecule has 1 unspecified atom stereocenters. The van der Waals surface area contributed by atoms with Crippen molar-refractivity contribution in [3.8, 4) is 11.5 Å². The van der Waals surface area contributed by atoms with Crippen LogP contribution in [0.3, 0.4) is 0 Å². The Morgan fingerprint density at radius 3 is 2.63 bits per heavy atom. The van der Waals surface area contributed by atoms with E-state index in [0.29, 0.717) is 77.7 Å². The summed E-state index contributed by atoms with van der Waals surface area (Å²) >= 11 is 6.99. The monoisotopic (exact) mass is 836 g/mol. The third kappa shape index (κ3) is 9.52. The summed E-state index contributed by atoms with van der Waals surface area (Å²) in [4.78, 5) is 63.3. The van der Waals surface area contributed by atoms with Gasteiger partial charge in [0, 0.05) is 49.5 Å². The van der Waals surface area contributed by atoms with Crippen LogP contribution in [-0.2, 0) is 23.9 Å². The highest BCUT2D eigenvalue weighted by molar-refractivity contribution is 6.36. The Kier molecular flexibility index (Phi) is 12.4. The fourth-order valence-electron chi connectivity index (χ4n) is 9.31. The zero-order valence-corrected chi connectivity index (χ0v) is 34.7. The van der Waals surface area contributed by atoms with Crippen LogP contribution >= 0.6 is 11.6 Å². The summed E-state index contributed by atoms with van der Waals surface area (Å²) in [7, 11) is 0. The van der Waals surface area contributed by atoms with E-state index in [1.54, 1.807) is 12.1 Å². The van der Waals surface area contributed by atoms with Gasteiger partial charge in [0.2, 0.25) is 11.8 Å². The molecule has 3 amide bonds. The molecule has 0 spiro atoms. The molecule has 1 aromatic heterocycles. The molecule has 1 aromatic carbocycles. The minimum absolute atomic E-state index is 0.0206. The van der Waals surface area contributed by atoms with Gasteiger partial charge in [0.1, 0.15) is 58.8 Å². The number of anilines is 1. The van der Waals surface area contributed by atoms with Crippen molar-refractivity contribution in [1.29, 1.82) is 0 Å². The van der Waals surface area contributed by atoms with Gasteiger partial charge in [-0.05, 0) is 82.8 Å². The zero-order valence-electron chi connectivity index (χ0n) is 34.0. The molecule has 8 atom stereocenters. The van der Waals surface area contributed by atoms with E-state index in [1.807, 2.05) is 32.1 Å². The predicted octanol–water partition coefficient (Wildman–Crippen LogP) is 5.14. The second-order valence-electron chi connectivity index (χ2n) is 17.5. The maximum Gasteiger partial charge on any atom is 0.408 e. The van der Waals surface area contributed by atoms with E-state index in [0.717, 1.165) is 51.7 Å². The number of aromatic nitrogens is 1. The van der Waals surface area contributed by atoms with E-state index in [2.05, 4.69) is 20.9 Å². The van der Waals surface area contributed by atoms with Crippen LogP contribution in [0.5, 0.6) is 11.5 Å². The van der Waals surface area contributed by atoms with E-state index in [1.165, 1.54) is 11.3 Å². The number of hydrogen-bond donors (Lipinski definition) is 4. The fourth-order valence-corrected chi connectivity index (χ4v) is 9.57. The molecule has 3 aliphatic heterocycles. The maximum atomic E-state index is 14.6. The van der Waals surface area contributed by atoms with Gasteiger partial charge in [-0.25, -0.2) is 14.6 Å². The molecule has 15 nitrogen and oxygen atoms in total. The molecule has 0 bridgehead atoms. The molecule has 0 radical (unpaired) electrons. The minimum atomic E-state index is -1.46. The van der Waals surface area contributed by atoms with Gasteiger partial charge in [0.05, 0.1) is 25.3 Å². The Balaban J connectivity index is 1.05. The van der Waals surface area contributed by atoms with Crippen LogP contribution in [0.1, 0.15) is 78.1 Å². The number of fused-ring (bicyclic) bond motifs is 4. The number of allylic oxidation sites excluding steroid dienone is 1. The van der Waals surface area contributed by atoms with Gasteiger partial charge >= 0.3 is 12.1 Å². The molecule has 16 heteroatoms. The van der Waals surface area contributed by atoms with Crippen molar-refractivity contribution in [2.24, 2.45) is 17.8 Å². The summed E-state index contributed by atoms with van der Waals surface area (Å²) in [5, 5.41) is 20.3. The Morgan fingerprint density at radius 2 is 1.86 bits per heavy atom. The topological polar surface area (TPSA) is 181 Å². The van der Waals surface area contributed by atoms with Crippen LogP contribution in [0.2, 0.25) is 5.02 Å². The molecular formula is C43H57ClN6O9. The maximum absolute atomic E-state index is 14.6. The number of nitrogens with zero attached hydrogens (tertiary/aromatic N) is 3. The second kappa shape index (κ2) is 17.7. The number of amides is 3. The van der Waals surface area contributed by atoms with E-state index < -0.39 is 47.6 Å². The number of aliphatic carboxylic acids is 1. The van der Waals surface area contributed by atoms with E-state index >= 15 is 0 Å². The molecule has 2 aromatic rings. The number of carbonyl (C=O) groups excluding carboxylic acids is 3. The van der Waals surface area contributed by atoms with Crippen LogP contribution < -0.4 is 25.4 Å². The molecular weight excluding hydrogens is 780 g/mol. The molecule has 320 valence electrons. The lowest BCUT2D eigenvalue weighted by Crippen LogP contribution is -2.56. The van der Waals surface area contributed by atoms with Crippen molar-refractivity contribution in [1.82, 2.24) is 25.4 Å². The highest BCUT2D eigenvalue weighted by atomic mass is 35.5. The van der Waals surface area contributed by atoms with Crippen molar-refractivity contribution < 1.29 is 43.2 Å². The summed E-state index contributed by atoms with van der Waals surface area (Å²) in [5.41, 5.74) is -0.987. The number of alkyl carbamates (subject to hydrolysis) is 1. The number of nitrogens with one attached hydrogen (secondary N) is 3. The smallest absolute Gasteiger partial charge is 0.408 e. The summed E-state index contributed by atoms with van der Waals surface area (Å²) in [6.45, 7) is 8.25. The average Bonchev–Trinajstić information content (AvgIpc) is 4.00. The largest absolute Gasteiger partial charge is 0.491 e. The number of rotatable bonds is 11. The summed E-state index contributed by atoms with van der Waals surface area (Å²) in [6.07, 6.45) is 9.03. The SMILES string of the molecule is CC(C)Nc1cc(O[C@@H]2C[C@H]3C(=O)N[C@]4(C(=O)O)C[C@@H]4/C=C\CCCCC[C@H](NC(=O)OC4C[C@@H]5C[C@@H]5C4)C(=O)N3C2)c2ccc(OCCN3CCOCC3)c(Cl)c2n1. The fraction of sp³-hybridized carbons (Fsp3) is 0.651. The van der Waals surface area contributed by atoms with E-state index in [4.69, 9.17) is 35.5 Å². The number of pyridine rings is 1. The first-order valence-electron chi connectivity index (χ1n) is 21.5. The standard InChI is InChI=1S/C43H57ClN6O9/c1-25(2)45-36-22-35(31-10-11-34(37(44)38(31)47-36)57-17-14-49-12-15-56-16-13-49)58-30-21-33-39(51)48-43(41(53)54)23-28(43)8-6-4-3-5-7-9-32(40(52)50(33)24-30)46-42(55)59-29-19-26-18-27(26)20-29/h6,8,10-11,22,25-30,32-33H,3-5,7,9,12-21,23-24H2,1-2H3,(H,45,47)(H,46,55)(H,48,51)(H,53,54)/b8-6-/t26-,27+,28-,29?,30+,32-,33-,43+/m0/s1. The molecule has 6 aliphatic rings. The summed E-state index contributed by atoms with van der Waals surface area (Å²) in [5.74, 6) is 0.218. The lowest BCUT2D eigenvalue weighted by atomic mass is 10.0. The minimum Gasteiger partial charge on any atom is -0.491 e. The number of ether oxygens (including phenoxy) is 4. The molecule has 2 saturated heterocycles.